The van der Waals surface area contributed by atoms with Gasteiger partial charge in [0.1, 0.15) is 5.76 Å². The van der Waals surface area contributed by atoms with Crippen LogP contribution in [0.25, 0.3) is 6.08 Å². The van der Waals surface area contributed by atoms with Crippen LogP contribution in [0.4, 0.5) is 5.69 Å². The third-order valence-corrected chi connectivity index (χ3v) is 3.80. The lowest BCUT2D eigenvalue weighted by atomic mass is 9.89. The van der Waals surface area contributed by atoms with E-state index in [9.17, 15) is 0 Å². The zero-order chi connectivity index (χ0) is 13.1. The van der Waals surface area contributed by atoms with Crippen LogP contribution in [0, 0.1) is 0 Å². The molecule has 2 aromatic rings. The highest BCUT2D eigenvalue weighted by atomic mass is 16.3. The van der Waals surface area contributed by atoms with Crippen LogP contribution in [-0.4, -0.2) is 13.1 Å². The number of furan rings is 1. The summed E-state index contributed by atoms with van der Waals surface area (Å²) in [5, 5.41) is 0. The largest absolute Gasteiger partial charge is 0.465 e. The Labute approximate surface area is 114 Å². The van der Waals surface area contributed by atoms with Crippen molar-refractivity contribution in [3.8, 4) is 0 Å². The molecule has 0 saturated heterocycles. The zero-order valence-electron chi connectivity index (χ0n) is 11.3. The fourth-order valence-corrected chi connectivity index (χ4v) is 2.79. The Bertz CT molecular complexity index is 556. The number of benzene rings is 1. The number of para-hydroxylation sites is 1. The second kappa shape index (κ2) is 5.35. The molecule has 0 amide bonds. The Morgan fingerprint density at radius 1 is 1.26 bits per heavy atom. The molecular weight excluding hydrogens is 234 g/mol. The van der Waals surface area contributed by atoms with Gasteiger partial charge in [-0.2, -0.15) is 0 Å². The van der Waals surface area contributed by atoms with Gasteiger partial charge < -0.3 is 9.32 Å². The molecule has 1 atom stereocenters. The second-order valence-electron chi connectivity index (χ2n) is 4.91. The molecule has 0 N–H and O–H groups in total. The lowest BCUT2D eigenvalue weighted by molar-refractivity contribution is 0.556. The van der Waals surface area contributed by atoms with Gasteiger partial charge in [-0.15, -0.1) is 0 Å². The van der Waals surface area contributed by atoms with Crippen LogP contribution < -0.4 is 4.90 Å². The first-order valence-electron chi connectivity index (χ1n) is 6.94. The molecule has 3 rings (SSSR count). The van der Waals surface area contributed by atoms with Crippen molar-refractivity contribution < 1.29 is 4.42 Å². The number of allylic oxidation sites excluding steroid dienone is 1. The third kappa shape index (κ3) is 2.43. The molecule has 1 aromatic heterocycles. The number of anilines is 1. The molecule has 19 heavy (non-hydrogen) atoms. The van der Waals surface area contributed by atoms with Crippen molar-refractivity contribution in [1.82, 2.24) is 0 Å². The summed E-state index contributed by atoms with van der Waals surface area (Å²) >= 11 is 0. The Morgan fingerprint density at radius 2 is 2.16 bits per heavy atom. The fraction of sp³-hybridized carbons (Fsp3) is 0.294. The fourth-order valence-electron chi connectivity index (χ4n) is 2.79. The number of hydrogen-bond acceptors (Lipinski definition) is 2. The molecule has 1 aliphatic heterocycles. The molecule has 1 unspecified atom stereocenters. The van der Waals surface area contributed by atoms with Gasteiger partial charge >= 0.3 is 0 Å². The Morgan fingerprint density at radius 3 is 2.95 bits per heavy atom. The van der Waals surface area contributed by atoms with Crippen molar-refractivity contribution in [2.75, 3.05) is 18.0 Å². The van der Waals surface area contributed by atoms with E-state index in [2.05, 4.69) is 48.2 Å². The van der Waals surface area contributed by atoms with Gasteiger partial charge in [0.25, 0.3) is 0 Å². The van der Waals surface area contributed by atoms with Crippen LogP contribution in [0.1, 0.15) is 30.6 Å². The van der Waals surface area contributed by atoms with Crippen LogP contribution in [0.3, 0.4) is 0 Å². The quantitative estimate of drug-likeness (QED) is 0.810. The molecule has 2 heterocycles. The zero-order valence-corrected chi connectivity index (χ0v) is 11.3. The van der Waals surface area contributed by atoms with E-state index in [4.69, 9.17) is 4.42 Å². The highest BCUT2D eigenvalue weighted by molar-refractivity contribution is 5.59. The molecule has 1 aromatic carbocycles. The summed E-state index contributed by atoms with van der Waals surface area (Å²) in [6, 6.07) is 12.6. The lowest BCUT2D eigenvalue weighted by Crippen LogP contribution is -2.30. The minimum absolute atomic E-state index is 0.490. The van der Waals surface area contributed by atoms with Gasteiger partial charge in [-0.25, -0.2) is 0 Å². The van der Waals surface area contributed by atoms with Crippen molar-refractivity contribution in [2.45, 2.75) is 19.3 Å². The van der Waals surface area contributed by atoms with Gasteiger partial charge in [-0.3, -0.25) is 0 Å². The molecule has 98 valence electrons. The molecule has 0 fully saturated rings. The van der Waals surface area contributed by atoms with E-state index < -0.39 is 0 Å². The van der Waals surface area contributed by atoms with E-state index in [1.165, 1.54) is 17.7 Å². The number of fused-ring (bicyclic) bond motifs is 1. The van der Waals surface area contributed by atoms with Crippen LogP contribution in [-0.2, 0) is 0 Å². The van der Waals surface area contributed by atoms with Gasteiger partial charge in [-0.1, -0.05) is 24.3 Å². The first-order chi connectivity index (χ1) is 9.38. The summed E-state index contributed by atoms with van der Waals surface area (Å²) in [7, 11) is 0. The Kier molecular flexibility index (Phi) is 3.41. The van der Waals surface area contributed by atoms with Crippen molar-refractivity contribution in [1.29, 1.82) is 0 Å². The van der Waals surface area contributed by atoms with Gasteiger partial charge in [0.15, 0.2) is 0 Å². The minimum atomic E-state index is 0.490. The highest BCUT2D eigenvalue weighted by Crippen LogP contribution is 2.36. The van der Waals surface area contributed by atoms with Gasteiger partial charge in [0, 0.05) is 24.7 Å². The number of nitrogens with zero attached hydrogens (tertiary/aromatic N) is 1. The smallest absolute Gasteiger partial charge is 0.126 e. The molecule has 0 aliphatic carbocycles. The second-order valence-corrected chi connectivity index (χ2v) is 4.91. The summed E-state index contributed by atoms with van der Waals surface area (Å²) in [5.41, 5.74) is 2.81. The molecule has 0 bridgehead atoms. The third-order valence-electron chi connectivity index (χ3n) is 3.80. The predicted octanol–water partition coefficient (Wildman–Crippen LogP) is 4.31. The minimum Gasteiger partial charge on any atom is -0.465 e. The summed E-state index contributed by atoms with van der Waals surface area (Å²) in [6.07, 6.45) is 7.24. The van der Waals surface area contributed by atoms with E-state index >= 15 is 0 Å². The summed E-state index contributed by atoms with van der Waals surface area (Å²) in [6.45, 7) is 4.42. The Balaban J connectivity index is 1.88. The average Bonchev–Trinajstić information content (AvgIpc) is 2.98. The normalized spacial score (nSPS) is 18.8. The SMILES string of the molecule is CCN1CCC(/C=C/c2ccco2)c2ccccc21. The van der Waals surface area contributed by atoms with Gasteiger partial charge in [0.2, 0.25) is 0 Å². The van der Waals surface area contributed by atoms with Gasteiger partial charge in [-0.05, 0) is 43.2 Å². The van der Waals surface area contributed by atoms with Crippen molar-refractivity contribution >= 4 is 11.8 Å². The van der Waals surface area contributed by atoms with E-state index in [1.807, 2.05) is 12.1 Å². The number of rotatable bonds is 3. The summed E-state index contributed by atoms with van der Waals surface area (Å²) in [4.78, 5) is 2.45. The van der Waals surface area contributed by atoms with Crippen LogP contribution in [0.5, 0.6) is 0 Å². The lowest BCUT2D eigenvalue weighted by Gasteiger charge is -2.34. The molecule has 0 saturated carbocycles. The molecule has 1 aliphatic rings. The standard InChI is InChI=1S/C17H19NO/c1-2-18-12-11-14(9-10-15-6-5-13-19-15)16-7-3-4-8-17(16)18/h3-10,13-14H,2,11-12H2,1H3/b10-9+. The van der Waals surface area contributed by atoms with E-state index in [1.54, 1.807) is 6.26 Å². The Hall–Kier alpha value is -1.96. The first-order valence-corrected chi connectivity index (χ1v) is 6.94. The van der Waals surface area contributed by atoms with Crippen LogP contribution in [0.15, 0.2) is 53.2 Å². The topological polar surface area (TPSA) is 16.4 Å². The molecular formula is C17H19NO. The molecule has 2 heteroatoms. The van der Waals surface area contributed by atoms with Crippen molar-refractivity contribution in [3.05, 3.63) is 60.1 Å². The summed E-state index contributed by atoms with van der Waals surface area (Å²) < 4.78 is 5.36. The predicted molar refractivity (Wildman–Crippen MR) is 79.4 cm³/mol. The maximum atomic E-state index is 5.36. The van der Waals surface area contributed by atoms with Gasteiger partial charge in [0.05, 0.1) is 6.26 Å². The molecule has 0 spiro atoms. The van der Waals surface area contributed by atoms with E-state index in [-0.39, 0.29) is 0 Å². The maximum absolute atomic E-state index is 5.36. The molecule has 2 nitrogen and oxygen atoms in total. The van der Waals surface area contributed by atoms with Crippen LogP contribution >= 0.6 is 0 Å². The average molecular weight is 253 g/mol. The number of hydrogen-bond donors (Lipinski definition) is 0. The van der Waals surface area contributed by atoms with E-state index in [0.717, 1.165) is 18.8 Å². The highest BCUT2D eigenvalue weighted by Gasteiger charge is 2.21. The monoisotopic (exact) mass is 253 g/mol. The van der Waals surface area contributed by atoms with Crippen molar-refractivity contribution in [3.63, 3.8) is 0 Å². The van der Waals surface area contributed by atoms with Crippen molar-refractivity contribution in [2.24, 2.45) is 0 Å². The molecule has 0 radical (unpaired) electrons. The maximum Gasteiger partial charge on any atom is 0.126 e. The summed E-state index contributed by atoms with van der Waals surface area (Å²) in [5.74, 6) is 1.42. The van der Waals surface area contributed by atoms with Crippen LogP contribution in [0.2, 0.25) is 0 Å². The first kappa shape index (κ1) is 12.1. The van der Waals surface area contributed by atoms with E-state index in [0.29, 0.717) is 5.92 Å².